The Kier molecular flexibility index (Phi) is 7.44. The number of nitrogens with one attached hydrogen (secondary N) is 3. The first kappa shape index (κ1) is 24.5. The molecule has 0 bridgehead atoms. The smallest absolute Gasteiger partial charge is 0.250 e. The summed E-state index contributed by atoms with van der Waals surface area (Å²) < 4.78 is 21.7. The van der Waals surface area contributed by atoms with E-state index in [4.69, 9.17) is 22.9 Å². The fraction of sp³-hybridized carbons (Fsp3) is 0.231. The standard InChI is InChI=1S/C26H24ClFN8O/c1-29-24-22(7-4-8-23(24)37-16-17-5-2-3-6-21(17)28)34-25-20(27)14-31-26(35-25)33-18-13-32-36(15-18)19-9-11-30-12-10-19/h2-8,13-15,19,30H,9-12,16H2,(H2,31,33,34,35). The highest BCUT2D eigenvalue weighted by molar-refractivity contribution is 6.33. The highest BCUT2D eigenvalue weighted by atomic mass is 35.5. The van der Waals surface area contributed by atoms with E-state index in [1.165, 1.54) is 12.3 Å². The summed E-state index contributed by atoms with van der Waals surface area (Å²) in [6.07, 6.45) is 7.21. The van der Waals surface area contributed by atoms with E-state index in [9.17, 15) is 4.39 Å². The molecule has 1 fully saturated rings. The van der Waals surface area contributed by atoms with E-state index in [-0.39, 0.29) is 23.1 Å². The minimum atomic E-state index is -0.366. The summed E-state index contributed by atoms with van der Waals surface area (Å²) in [5.41, 5.74) is 1.84. The molecule has 0 aliphatic carbocycles. The molecule has 1 saturated heterocycles. The van der Waals surface area contributed by atoms with Crippen molar-refractivity contribution in [3.63, 3.8) is 0 Å². The third-order valence-electron chi connectivity index (χ3n) is 5.99. The number of anilines is 4. The lowest BCUT2D eigenvalue weighted by atomic mass is 10.1. The van der Waals surface area contributed by atoms with Gasteiger partial charge in [-0.15, -0.1) is 0 Å². The number of nitrogens with zero attached hydrogens (tertiary/aromatic N) is 5. The van der Waals surface area contributed by atoms with Gasteiger partial charge in [-0.2, -0.15) is 10.1 Å². The molecule has 0 spiro atoms. The molecule has 2 aromatic carbocycles. The third-order valence-corrected chi connectivity index (χ3v) is 6.27. The molecule has 4 aromatic rings. The van der Waals surface area contributed by atoms with Crippen molar-refractivity contribution in [1.82, 2.24) is 25.1 Å². The third kappa shape index (κ3) is 5.80. The van der Waals surface area contributed by atoms with Crippen molar-refractivity contribution in [3.8, 4) is 5.75 Å². The van der Waals surface area contributed by atoms with Crippen molar-refractivity contribution in [1.29, 1.82) is 0 Å². The Morgan fingerprint density at radius 2 is 1.97 bits per heavy atom. The lowest BCUT2D eigenvalue weighted by molar-refractivity contribution is 0.302. The molecule has 188 valence electrons. The Labute approximate surface area is 218 Å². The van der Waals surface area contributed by atoms with Crippen LogP contribution >= 0.6 is 11.6 Å². The molecule has 0 unspecified atom stereocenters. The largest absolute Gasteiger partial charge is 0.500 e. The first-order valence-electron chi connectivity index (χ1n) is 11.8. The van der Waals surface area contributed by atoms with Crippen LogP contribution in [0.25, 0.3) is 4.85 Å². The molecule has 37 heavy (non-hydrogen) atoms. The number of rotatable bonds is 8. The average molecular weight is 519 g/mol. The van der Waals surface area contributed by atoms with Gasteiger partial charge in [0.2, 0.25) is 5.95 Å². The normalized spacial score (nSPS) is 13.6. The number of aromatic nitrogens is 4. The van der Waals surface area contributed by atoms with Crippen molar-refractivity contribution in [2.45, 2.75) is 25.5 Å². The molecule has 5 rings (SSSR count). The molecule has 0 radical (unpaired) electrons. The molecule has 2 aromatic heterocycles. The van der Waals surface area contributed by atoms with Crippen molar-refractivity contribution in [2.75, 3.05) is 23.7 Å². The van der Waals surface area contributed by atoms with Crippen molar-refractivity contribution in [2.24, 2.45) is 0 Å². The van der Waals surface area contributed by atoms with Crippen LogP contribution in [0.2, 0.25) is 5.02 Å². The predicted octanol–water partition coefficient (Wildman–Crippen LogP) is 6.01. The van der Waals surface area contributed by atoms with E-state index in [1.54, 1.807) is 42.6 Å². The minimum Gasteiger partial charge on any atom is -0.500 e. The summed E-state index contributed by atoms with van der Waals surface area (Å²) in [5, 5.41) is 14.4. The Hall–Kier alpha value is -4.20. The first-order valence-corrected chi connectivity index (χ1v) is 12.2. The zero-order valence-corrected chi connectivity index (χ0v) is 20.5. The molecule has 3 N–H and O–H groups in total. The number of halogens is 2. The van der Waals surface area contributed by atoms with Gasteiger partial charge >= 0.3 is 0 Å². The Balaban J connectivity index is 1.32. The van der Waals surface area contributed by atoms with E-state index >= 15 is 0 Å². The van der Waals surface area contributed by atoms with Crippen molar-refractivity contribution >= 4 is 40.4 Å². The summed E-state index contributed by atoms with van der Waals surface area (Å²) in [4.78, 5) is 12.4. The quantitative estimate of drug-likeness (QED) is 0.246. The topological polar surface area (TPSA) is 93.3 Å². The van der Waals surface area contributed by atoms with Gasteiger partial charge in [-0.1, -0.05) is 35.9 Å². The van der Waals surface area contributed by atoms with Gasteiger partial charge in [-0.05, 0) is 44.1 Å². The summed E-state index contributed by atoms with van der Waals surface area (Å²) in [6.45, 7) is 9.63. The molecule has 9 nitrogen and oxygen atoms in total. The van der Waals surface area contributed by atoms with Gasteiger partial charge in [-0.3, -0.25) is 4.68 Å². The van der Waals surface area contributed by atoms with E-state index in [0.29, 0.717) is 34.8 Å². The van der Waals surface area contributed by atoms with Crippen LogP contribution in [0.4, 0.5) is 33.2 Å². The second-order valence-electron chi connectivity index (χ2n) is 8.47. The maximum absolute atomic E-state index is 14.0. The van der Waals surface area contributed by atoms with E-state index in [2.05, 4.69) is 35.9 Å². The molecule has 1 aliphatic heterocycles. The number of ether oxygens (including phenoxy) is 1. The lowest BCUT2D eigenvalue weighted by Crippen LogP contribution is -2.29. The van der Waals surface area contributed by atoms with Crippen molar-refractivity contribution < 1.29 is 9.13 Å². The highest BCUT2D eigenvalue weighted by Crippen LogP contribution is 2.38. The molecule has 11 heteroatoms. The number of hydrogen-bond donors (Lipinski definition) is 3. The number of benzene rings is 2. The first-order chi connectivity index (χ1) is 18.1. The molecule has 0 saturated carbocycles. The Bertz CT molecular complexity index is 1430. The van der Waals surface area contributed by atoms with Crippen LogP contribution < -0.4 is 20.7 Å². The van der Waals surface area contributed by atoms with Crippen LogP contribution in [0.1, 0.15) is 24.4 Å². The minimum absolute atomic E-state index is 0.00791. The lowest BCUT2D eigenvalue weighted by Gasteiger charge is -2.22. The Morgan fingerprint density at radius 1 is 1.14 bits per heavy atom. The maximum atomic E-state index is 14.0. The van der Waals surface area contributed by atoms with Crippen LogP contribution in [-0.4, -0.2) is 32.8 Å². The monoisotopic (exact) mass is 518 g/mol. The van der Waals surface area contributed by atoms with Crippen LogP contribution in [0.5, 0.6) is 5.75 Å². The molecular weight excluding hydrogens is 495 g/mol. The SMILES string of the molecule is [C-]#[N+]c1c(Nc2nc(Nc3cnn(C4CCNCC4)c3)ncc2Cl)cccc1OCc1ccccc1F. The van der Waals surface area contributed by atoms with Gasteiger partial charge in [0.15, 0.2) is 5.82 Å². The van der Waals surface area contributed by atoms with Gasteiger partial charge in [0, 0.05) is 17.4 Å². The fourth-order valence-corrected chi connectivity index (χ4v) is 4.21. The zero-order valence-electron chi connectivity index (χ0n) is 19.8. The summed E-state index contributed by atoms with van der Waals surface area (Å²) in [7, 11) is 0. The maximum Gasteiger partial charge on any atom is 0.250 e. The van der Waals surface area contributed by atoms with Crippen LogP contribution in [-0.2, 0) is 6.61 Å². The fourth-order valence-electron chi connectivity index (χ4n) is 4.07. The van der Waals surface area contributed by atoms with Gasteiger partial charge in [-0.25, -0.2) is 14.2 Å². The number of hydrogen-bond acceptors (Lipinski definition) is 7. The van der Waals surface area contributed by atoms with E-state index < -0.39 is 0 Å². The second-order valence-corrected chi connectivity index (χ2v) is 8.88. The highest BCUT2D eigenvalue weighted by Gasteiger charge is 2.17. The van der Waals surface area contributed by atoms with Gasteiger partial charge < -0.3 is 20.7 Å². The van der Waals surface area contributed by atoms with Gasteiger partial charge in [0.25, 0.3) is 5.69 Å². The predicted molar refractivity (Wildman–Crippen MR) is 140 cm³/mol. The molecule has 1 aliphatic rings. The molecule has 0 amide bonds. The number of para-hydroxylation sites is 1. The molecular formula is C26H24ClFN8O. The second kappa shape index (κ2) is 11.2. The molecule has 3 heterocycles. The summed E-state index contributed by atoms with van der Waals surface area (Å²) >= 11 is 6.36. The van der Waals surface area contributed by atoms with Gasteiger partial charge in [0.05, 0.1) is 30.7 Å². The van der Waals surface area contributed by atoms with Crippen LogP contribution in [0.15, 0.2) is 61.1 Å². The molecule has 0 atom stereocenters. The zero-order chi connectivity index (χ0) is 25.6. The average Bonchev–Trinajstić information content (AvgIpc) is 3.39. The Morgan fingerprint density at radius 3 is 2.78 bits per heavy atom. The van der Waals surface area contributed by atoms with Crippen LogP contribution in [0, 0.1) is 12.4 Å². The van der Waals surface area contributed by atoms with E-state index in [1.807, 2.05) is 10.9 Å². The van der Waals surface area contributed by atoms with Crippen molar-refractivity contribution in [3.05, 3.63) is 88.9 Å². The summed E-state index contributed by atoms with van der Waals surface area (Å²) in [5.74, 6) is 0.599. The number of piperidine rings is 1. The summed E-state index contributed by atoms with van der Waals surface area (Å²) in [6, 6.07) is 11.8. The van der Waals surface area contributed by atoms with E-state index in [0.717, 1.165) is 31.6 Å². The van der Waals surface area contributed by atoms with Crippen LogP contribution in [0.3, 0.4) is 0 Å². The van der Waals surface area contributed by atoms with Gasteiger partial charge in [0.1, 0.15) is 23.2 Å².